The minimum atomic E-state index is 0.587. The lowest BCUT2D eigenvalue weighted by molar-refractivity contribution is 1.13. The third kappa shape index (κ3) is 9.61. The van der Waals surface area contributed by atoms with Gasteiger partial charge in [-0.3, -0.25) is 4.99 Å². The molecule has 0 saturated carbocycles. The van der Waals surface area contributed by atoms with Crippen molar-refractivity contribution in [2.45, 2.75) is 20.8 Å². The van der Waals surface area contributed by atoms with Gasteiger partial charge in [0.1, 0.15) is 0 Å². The first-order chi connectivity index (χ1) is 20.8. The Labute approximate surface area is 276 Å². The zero-order valence-electron chi connectivity index (χ0n) is 25.1. The van der Waals surface area contributed by atoms with Crippen LogP contribution in [0.25, 0.3) is 11.1 Å². The maximum atomic E-state index is 6.63. The molecule has 0 radical (unpaired) electrons. The number of nitrogens with zero attached hydrogens (tertiary/aromatic N) is 2. The van der Waals surface area contributed by atoms with E-state index in [9.17, 15) is 0 Å². The molecular weight excluding hydrogens is 614 g/mol. The third-order valence-corrected chi connectivity index (χ3v) is 7.50. The smallest absolute Gasteiger partial charge is 0.0574 e. The van der Waals surface area contributed by atoms with E-state index >= 15 is 0 Å². The molecule has 43 heavy (non-hydrogen) atoms. The van der Waals surface area contributed by atoms with Gasteiger partial charge in [-0.25, -0.2) is 0 Å². The van der Waals surface area contributed by atoms with Crippen molar-refractivity contribution < 1.29 is 0 Å². The van der Waals surface area contributed by atoms with E-state index in [1.54, 1.807) is 12.1 Å². The van der Waals surface area contributed by atoms with Gasteiger partial charge in [0.15, 0.2) is 0 Å². The van der Waals surface area contributed by atoms with Gasteiger partial charge in [0.2, 0.25) is 0 Å². The van der Waals surface area contributed by atoms with Crippen LogP contribution < -0.4 is 4.90 Å². The molecule has 1 aliphatic carbocycles. The van der Waals surface area contributed by atoms with Gasteiger partial charge < -0.3 is 4.90 Å². The summed E-state index contributed by atoms with van der Waals surface area (Å²) in [6, 6.07) is 19.5. The SMILES string of the molecule is CC.CCN=C1C=CC(=C(C=CC=CC=C(c2ccc(N(C)C)cc2)c2ccc(Cl)cc2Cl)c2ccc(Cl)cc2Cl)C=C1. The summed E-state index contributed by atoms with van der Waals surface area (Å²) < 4.78 is 0. The first-order valence-electron chi connectivity index (χ1n) is 14.2. The summed E-state index contributed by atoms with van der Waals surface area (Å²) in [5.41, 5.74) is 7.90. The molecule has 2 nitrogen and oxygen atoms in total. The fourth-order valence-electron chi connectivity index (χ4n) is 4.33. The molecule has 3 aromatic rings. The van der Waals surface area contributed by atoms with E-state index in [0.717, 1.165) is 51.4 Å². The predicted molar refractivity (Wildman–Crippen MR) is 194 cm³/mol. The highest BCUT2D eigenvalue weighted by Crippen LogP contribution is 2.33. The van der Waals surface area contributed by atoms with Crippen LogP contribution in [0.2, 0.25) is 20.1 Å². The summed E-state index contributed by atoms with van der Waals surface area (Å²) in [4.78, 5) is 6.55. The number of halogens is 4. The second-order valence-corrected chi connectivity index (χ2v) is 11.1. The van der Waals surface area contributed by atoms with Gasteiger partial charge >= 0.3 is 0 Å². The van der Waals surface area contributed by atoms with Crippen molar-refractivity contribution >= 4 is 68.9 Å². The molecule has 6 heteroatoms. The molecule has 0 bridgehead atoms. The van der Waals surface area contributed by atoms with Crippen LogP contribution >= 0.6 is 46.4 Å². The Morgan fingerprint density at radius 3 is 1.84 bits per heavy atom. The van der Waals surface area contributed by atoms with Crippen LogP contribution in [0.1, 0.15) is 37.5 Å². The fraction of sp³-hybridized carbons (Fsp3) is 0.162. The molecule has 0 unspecified atom stereocenters. The molecule has 0 spiro atoms. The minimum Gasteiger partial charge on any atom is -0.378 e. The number of benzene rings is 3. The zero-order valence-corrected chi connectivity index (χ0v) is 28.1. The van der Waals surface area contributed by atoms with Crippen LogP contribution in [0, 0.1) is 0 Å². The third-order valence-electron chi connectivity index (χ3n) is 6.40. The van der Waals surface area contributed by atoms with Crippen LogP contribution in [0.15, 0.2) is 126 Å². The number of rotatable bonds is 8. The molecule has 0 N–H and O–H groups in total. The molecule has 0 fully saturated rings. The summed E-state index contributed by atoms with van der Waals surface area (Å²) in [6.07, 6.45) is 18.2. The largest absolute Gasteiger partial charge is 0.378 e. The summed E-state index contributed by atoms with van der Waals surface area (Å²) in [5, 5.41) is 2.37. The van der Waals surface area contributed by atoms with E-state index in [0.29, 0.717) is 20.1 Å². The maximum absolute atomic E-state index is 6.63. The lowest BCUT2D eigenvalue weighted by Crippen LogP contribution is -2.08. The second-order valence-electron chi connectivity index (χ2n) is 9.45. The Morgan fingerprint density at radius 1 is 0.721 bits per heavy atom. The lowest BCUT2D eigenvalue weighted by atomic mass is 9.95. The van der Waals surface area contributed by atoms with E-state index in [4.69, 9.17) is 46.4 Å². The summed E-state index contributed by atoms with van der Waals surface area (Å²) in [5.74, 6) is 0. The summed E-state index contributed by atoms with van der Waals surface area (Å²) in [6.45, 7) is 6.76. The average Bonchev–Trinajstić information content (AvgIpc) is 3.00. The highest BCUT2D eigenvalue weighted by Gasteiger charge is 2.11. The quantitative estimate of drug-likeness (QED) is 0.222. The van der Waals surface area contributed by atoms with E-state index < -0.39 is 0 Å². The van der Waals surface area contributed by atoms with E-state index in [2.05, 4.69) is 52.4 Å². The van der Waals surface area contributed by atoms with E-state index in [1.807, 2.05) is 95.6 Å². The molecule has 0 saturated heterocycles. The number of allylic oxidation sites excluding steroid dienone is 11. The van der Waals surface area contributed by atoms with E-state index in [1.165, 1.54) is 0 Å². The van der Waals surface area contributed by atoms with Crippen molar-refractivity contribution in [2.24, 2.45) is 4.99 Å². The van der Waals surface area contributed by atoms with Gasteiger partial charge in [0.25, 0.3) is 0 Å². The standard InChI is InChI=1S/C35H30Cl4N2.C2H6/c1-4-40-28-16-10-24(11-17-28)30(32-20-14-26(36)22-34(32)38)8-6-5-7-9-31(33-21-15-27(37)23-35(33)39)25-12-18-29(19-13-25)41(2)3;1-2/h5-23H,4H2,1-3H3;1-2H3. The van der Waals surface area contributed by atoms with Gasteiger partial charge in [-0.2, -0.15) is 0 Å². The van der Waals surface area contributed by atoms with Gasteiger partial charge in [-0.15, -0.1) is 0 Å². The van der Waals surface area contributed by atoms with Gasteiger partial charge in [0, 0.05) is 57.5 Å². The average molecular weight is 651 g/mol. The van der Waals surface area contributed by atoms with Crippen molar-refractivity contribution in [3.05, 3.63) is 158 Å². The van der Waals surface area contributed by atoms with Crippen molar-refractivity contribution in [1.29, 1.82) is 0 Å². The van der Waals surface area contributed by atoms with Crippen LogP contribution in [0.3, 0.4) is 0 Å². The minimum absolute atomic E-state index is 0.587. The summed E-state index contributed by atoms with van der Waals surface area (Å²) >= 11 is 25.6. The molecule has 0 amide bonds. The van der Waals surface area contributed by atoms with Crippen molar-refractivity contribution in [1.82, 2.24) is 0 Å². The molecule has 0 aliphatic heterocycles. The number of anilines is 1. The van der Waals surface area contributed by atoms with Gasteiger partial charge in [0.05, 0.1) is 5.71 Å². The van der Waals surface area contributed by atoms with Crippen molar-refractivity contribution in [3.8, 4) is 0 Å². The Kier molecular flexibility index (Phi) is 13.6. The van der Waals surface area contributed by atoms with Crippen LogP contribution in [-0.4, -0.2) is 26.4 Å². The Morgan fingerprint density at radius 2 is 1.30 bits per heavy atom. The van der Waals surface area contributed by atoms with Crippen LogP contribution in [-0.2, 0) is 0 Å². The topological polar surface area (TPSA) is 15.6 Å². The molecule has 1 aliphatic rings. The normalized spacial score (nSPS) is 13.0. The fourth-order valence-corrected chi connectivity index (χ4v) is 5.36. The number of aliphatic imine (C=N–C) groups is 1. The first kappa shape index (κ1) is 34.2. The van der Waals surface area contributed by atoms with Crippen LogP contribution in [0.5, 0.6) is 0 Å². The highest BCUT2D eigenvalue weighted by atomic mass is 35.5. The highest BCUT2D eigenvalue weighted by molar-refractivity contribution is 6.36. The lowest BCUT2D eigenvalue weighted by Gasteiger charge is -2.15. The molecule has 4 rings (SSSR count). The van der Waals surface area contributed by atoms with Crippen molar-refractivity contribution in [2.75, 3.05) is 25.5 Å². The van der Waals surface area contributed by atoms with Gasteiger partial charge in [-0.05, 0) is 77.8 Å². The first-order valence-corrected chi connectivity index (χ1v) is 15.7. The van der Waals surface area contributed by atoms with E-state index in [-0.39, 0.29) is 0 Å². The number of hydrogen-bond acceptors (Lipinski definition) is 2. The summed E-state index contributed by atoms with van der Waals surface area (Å²) in [7, 11) is 4.04. The molecular formula is C37H36Cl4N2. The molecule has 0 heterocycles. The van der Waals surface area contributed by atoms with Crippen molar-refractivity contribution in [3.63, 3.8) is 0 Å². The molecule has 222 valence electrons. The number of hydrogen-bond donors (Lipinski definition) is 0. The molecule has 3 aromatic carbocycles. The molecule has 0 atom stereocenters. The monoisotopic (exact) mass is 648 g/mol. The Balaban J connectivity index is 0.00000248. The van der Waals surface area contributed by atoms with Crippen LogP contribution in [0.4, 0.5) is 5.69 Å². The van der Waals surface area contributed by atoms with Gasteiger partial charge in [-0.1, -0.05) is 127 Å². The maximum Gasteiger partial charge on any atom is 0.0574 e. The molecule has 0 aromatic heterocycles. The Bertz CT molecular complexity index is 1600. The zero-order chi connectivity index (χ0) is 31.4. The predicted octanol–water partition coefficient (Wildman–Crippen LogP) is 12.0. The Hall–Kier alpha value is -3.27. The second kappa shape index (κ2) is 17.1.